The second kappa shape index (κ2) is 3.63. The van der Waals surface area contributed by atoms with Crippen molar-refractivity contribution in [3.05, 3.63) is 16.7 Å². The molecule has 0 aliphatic rings. The lowest BCUT2D eigenvalue weighted by atomic mass is 10.1. The topological polar surface area (TPSA) is 98.0 Å². The summed E-state index contributed by atoms with van der Waals surface area (Å²) in [6.07, 6.45) is -0.577. The van der Waals surface area contributed by atoms with Crippen LogP contribution in [0.1, 0.15) is 5.56 Å². The van der Waals surface area contributed by atoms with Crippen molar-refractivity contribution in [2.75, 3.05) is 0 Å². The van der Waals surface area contributed by atoms with E-state index in [0.717, 1.165) is 6.07 Å². The lowest BCUT2D eigenvalue weighted by molar-refractivity contribution is -0.136. The van der Waals surface area contributed by atoms with Gasteiger partial charge in [-0.05, 0) is 0 Å². The van der Waals surface area contributed by atoms with E-state index in [1.807, 2.05) is 0 Å². The summed E-state index contributed by atoms with van der Waals surface area (Å²) in [6, 6.07) is 0.836. The average Bonchev–Trinajstić information content (AvgIpc) is 2.09. The zero-order valence-corrected chi connectivity index (χ0v) is 7.62. The van der Waals surface area contributed by atoms with Gasteiger partial charge in [-0.3, -0.25) is 4.79 Å². The van der Waals surface area contributed by atoms with E-state index >= 15 is 0 Å². The Kier molecular flexibility index (Phi) is 2.71. The summed E-state index contributed by atoms with van der Waals surface area (Å²) in [5, 5.41) is 35.6. The number of phenols is 3. The molecule has 0 radical (unpaired) electrons. The van der Waals surface area contributed by atoms with Gasteiger partial charge in [-0.2, -0.15) is 0 Å². The van der Waals surface area contributed by atoms with Gasteiger partial charge < -0.3 is 20.4 Å². The molecule has 0 heterocycles. The summed E-state index contributed by atoms with van der Waals surface area (Å²) < 4.78 is 0. The summed E-state index contributed by atoms with van der Waals surface area (Å²) in [5.74, 6) is -2.94. The van der Waals surface area contributed by atoms with Gasteiger partial charge in [0.2, 0.25) is 0 Å². The molecule has 14 heavy (non-hydrogen) atoms. The standard InChI is InChI=1S/C8H7ClO5/c9-7-3(1-6(12)13)8(14)5(11)2-4(7)10/h2,10-11,14H,1H2,(H,12,13). The third-order valence-electron chi connectivity index (χ3n) is 1.62. The van der Waals surface area contributed by atoms with Gasteiger partial charge in [0.1, 0.15) is 5.75 Å². The normalized spacial score (nSPS) is 10.1. The highest BCUT2D eigenvalue weighted by Gasteiger charge is 2.17. The molecule has 1 aromatic carbocycles. The van der Waals surface area contributed by atoms with Crippen LogP contribution in [-0.2, 0) is 11.2 Å². The Morgan fingerprint density at radius 3 is 2.36 bits per heavy atom. The first-order valence-electron chi connectivity index (χ1n) is 3.57. The smallest absolute Gasteiger partial charge is 0.308 e. The fraction of sp³-hybridized carbons (Fsp3) is 0.125. The molecule has 4 N–H and O–H groups in total. The Bertz CT molecular complexity index is 362. The highest BCUT2D eigenvalue weighted by atomic mass is 35.5. The molecule has 76 valence electrons. The van der Waals surface area contributed by atoms with Gasteiger partial charge in [0.25, 0.3) is 0 Å². The van der Waals surface area contributed by atoms with Crippen molar-refractivity contribution < 1.29 is 25.2 Å². The Labute approximate surface area is 83.8 Å². The zero-order chi connectivity index (χ0) is 10.9. The number of aromatic hydroxyl groups is 3. The van der Waals surface area contributed by atoms with Crippen LogP contribution in [0, 0.1) is 0 Å². The third kappa shape index (κ3) is 1.82. The van der Waals surface area contributed by atoms with Crippen LogP contribution in [0.4, 0.5) is 0 Å². The minimum Gasteiger partial charge on any atom is -0.506 e. The van der Waals surface area contributed by atoms with E-state index in [9.17, 15) is 9.90 Å². The Hall–Kier alpha value is -1.62. The summed E-state index contributed by atoms with van der Waals surface area (Å²) in [5.41, 5.74) is -0.211. The Morgan fingerprint density at radius 2 is 1.86 bits per heavy atom. The second-order valence-corrected chi connectivity index (χ2v) is 3.00. The first-order valence-corrected chi connectivity index (χ1v) is 3.95. The van der Waals surface area contributed by atoms with Crippen LogP contribution < -0.4 is 0 Å². The number of rotatable bonds is 2. The fourth-order valence-corrected chi connectivity index (χ4v) is 1.20. The maximum absolute atomic E-state index is 10.4. The Balaban J connectivity index is 3.31. The SMILES string of the molecule is O=C(O)Cc1c(O)c(O)cc(O)c1Cl. The zero-order valence-electron chi connectivity index (χ0n) is 6.86. The van der Waals surface area contributed by atoms with Crippen molar-refractivity contribution in [3.63, 3.8) is 0 Å². The van der Waals surface area contributed by atoms with Gasteiger partial charge >= 0.3 is 5.97 Å². The van der Waals surface area contributed by atoms with Gasteiger partial charge in [0.05, 0.1) is 11.4 Å². The number of hydrogen-bond donors (Lipinski definition) is 4. The number of phenolic OH excluding ortho intramolecular Hbond substituents is 3. The third-order valence-corrected chi connectivity index (χ3v) is 2.04. The van der Waals surface area contributed by atoms with Gasteiger partial charge in [-0.1, -0.05) is 11.6 Å². The fourth-order valence-electron chi connectivity index (χ4n) is 0.987. The second-order valence-electron chi connectivity index (χ2n) is 2.63. The molecule has 0 amide bonds. The average molecular weight is 219 g/mol. The van der Waals surface area contributed by atoms with Crippen LogP contribution in [0.5, 0.6) is 17.2 Å². The van der Waals surface area contributed by atoms with Crippen LogP contribution in [0.25, 0.3) is 0 Å². The first kappa shape index (κ1) is 10.5. The lowest BCUT2D eigenvalue weighted by Gasteiger charge is -2.07. The number of carboxylic acids is 1. The molecule has 0 fully saturated rings. The van der Waals surface area contributed by atoms with Gasteiger partial charge in [0, 0.05) is 11.6 Å². The van der Waals surface area contributed by atoms with Crippen molar-refractivity contribution in [2.45, 2.75) is 6.42 Å². The van der Waals surface area contributed by atoms with E-state index in [0.29, 0.717) is 0 Å². The van der Waals surface area contributed by atoms with Gasteiger partial charge in [-0.15, -0.1) is 0 Å². The predicted molar refractivity (Wildman–Crippen MR) is 47.8 cm³/mol. The van der Waals surface area contributed by atoms with E-state index < -0.39 is 29.6 Å². The maximum atomic E-state index is 10.4. The summed E-state index contributed by atoms with van der Waals surface area (Å²) >= 11 is 5.53. The summed E-state index contributed by atoms with van der Waals surface area (Å²) in [6.45, 7) is 0. The molecule has 6 heteroatoms. The molecule has 0 aliphatic heterocycles. The molecule has 0 saturated carbocycles. The molecule has 0 atom stereocenters. The molecule has 0 aliphatic carbocycles. The minimum atomic E-state index is -1.23. The number of halogens is 1. The van der Waals surface area contributed by atoms with Crippen LogP contribution >= 0.6 is 11.6 Å². The van der Waals surface area contributed by atoms with E-state index in [-0.39, 0.29) is 10.6 Å². The molecule has 0 saturated heterocycles. The largest absolute Gasteiger partial charge is 0.506 e. The quantitative estimate of drug-likeness (QED) is 0.440. The monoisotopic (exact) mass is 218 g/mol. The van der Waals surface area contributed by atoms with E-state index in [1.54, 1.807) is 0 Å². The number of hydrogen-bond acceptors (Lipinski definition) is 4. The molecular formula is C8H7ClO5. The molecule has 1 rings (SSSR count). The van der Waals surface area contributed by atoms with Crippen molar-refractivity contribution in [1.82, 2.24) is 0 Å². The highest BCUT2D eigenvalue weighted by molar-refractivity contribution is 6.33. The van der Waals surface area contributed by atoms with Crippen molar-refractivity contribution in [3.8, 4) is 17.2 Å². The van der Waals surface area contributed by atoms with E-state index in [1.165, 1.54) is 0 Å². The summed E-state index contributed by atoms with van der Waals surface area (Å²) in [7, 11) is 0. The molecule has 0 unspecified atom stereocenters. The Morgan fingerprint density at radius 1 is 1.29 bits per heavy atom. The number of benzene rings is 1. The molecule has 5 nitrogen and oxygen atoms in total. The predicted octanol–water partition coefficient (Wildman–Crippen LogP) is 1.08. The van der Waals surface area contributed by atoms with Crippen LogP contribution in [0.15, 0.2) is 6.07 Å². The van der Waals surface area contributed by atoms with E-state index in [4.69, 9.17) is 26.9 Å². The molecular weight excluding hydrogens is 212 g/mol. The minimum absolute atomic E-state index is 0.211. The molecule has 0 bridgehead atoms. The van der Waals surface area contributed by atoms with Crippen molar-refractivity contribution in [1.29, 1.82) is 0 Å². The van der Waals surface area contributed by atoms with E-state index in [2.05, 4.69) is 0 Å². The maximum Gasteiger partial charge on any atom is 0.308 e. The number of carboxylic acid groups (broad SMARTS) is 1. The summed E-state index contributed by atoms with van der Waals surface area (Å²) in [4.78, 5) is 10.4. The lowest BCUT2D eigenvalue weighted by Crippen LogP contribution is -2.01. The van der Waals surface area contributed by atoms with Gasteiger partial charge in [0.15, 0.2) is 11.5 Å². The first-order chi connectivity index (χ1) is 6.43. The van der Waals surface area contributed by atoms with Crippen LogP contribution in [0.2, 0.25) is 5.02 Å². The van der Waals surface area contributed by atoms with Crippen LogP contribution in [-0.4, -0.2) is 26.4 Å². The van der Waals surface area contributed by atoms with Crippen molar-refractivity contribution in [2.24, 2.45) is 0 Å². The molecule has 0 aromatic heterocycles. The number of carbonyl (C=O) groups is 1. The molecule has 1 aromatic rings. The highest BCUT2D eigenvalue weighted by Crippen LogP contribution is 2.40. The van der Waals surface area contributed by atoms with Crippen molar-refractivity contribution >= 4 is 17.6 Å². The molecule has 0 spiro atoms. The number of aliphatic carboxylic acids is 1. The van der Waals surface area contributed by atoms with Crippen LogP contribution in [0.3, 0.4) is 0 Å². The van der Waals surface area contributed by atoms with Gasteiger partial charge in [-0.25, -0.2) is 0 Å².